The van der Waals surface area contributed by atoms with Crippen molar-refractivity contribution >= 4 is 17.5 Å². The van der Waals surface area contributed by atoms with Gasteiger partial charge >= 0.3 is 6.09 Å². The zero-order valence-corrected chi connectivity index (χ0v) is 10.9. The number of pyridine rings is 1. The Balaban J connectivity index is 2.00. The minimum Gasteiger partial charge on any atom is -0.453 e. The fraction of sp³-hybridized carbons (Fsp3) is 0.143. The van der Waals surface area contributed by atoms with Gasteiger partial charge in [0.05, 0.1) is 12.8 Å². The molecule has 104 valence electrons. The number of hydrogen-bond acceptors (Lipinski definition) is 4. The first kappa shape index (κ1) is 13.8. The van der Waals surface area contributed by atoms with Gasteiger partial charge in [-0.05, 0) is 29.8 Å². The number of benzene rings is 1. The maximum Gasteiger partial charge on any atom is 0.411 e. The van der Waals surface area contributed by atoms with Crippen LogP contribution in [-0.2, 0) is 11.3 Å². The van der Waals surface area contributed by atoms with Crippen LogP contribution >= 0.6 is 0 Å². The number of hydrogen-bond donors (Lipinski definition) is 2. The molecule has 0 fully saturated rings. The molecule has 1 aromatic carbocycles. The van der Waals surface area contributed by atoms with Crippen LogP contribution in [0.3, 0.4) is 0 Å². The van der Waals surface area contributed by atoms with Crippen LogP contribution in [0.1, 0.15) is 5.56 Å². The lowest BCUT2D eigenvalue weighted by Crippen LogP contribution is -2.12. The molecule has 5 nitrogen and oxygen atoms in total. The Kier molecular flexibility index (Phi) is 4.49. The van der Waals surface area contributed by atoms with Crippen molar-refractivity contribution < 1.29 is 13.9 Å². The maximum absolute atomic E-state index is 13.7. The predicted molar refractivity (Wildman–Crippen MR) is 74.0 cm³/mol. The van der Waals surface area contributed by atoms with Gasteiger partial charge in [-0.3, -0.25) is 10.3 Å². The van der Waals surface area contributed by atoms with Gasteiger partial charge in [-0.15, -0.1) is 0 Å². The Bertz CT molecular complexity index is 590. The quantitative estimate of drug-likeness (QED) is 0.900. The van der Waals surface area contributed by atoms with E-state index in [0.29, 0.717) is 12.2 Å². The summed E-state index contributed by atoms with van der Waals surface area (Å²) in [6.07, 6.45) is 2.72. The van der Waals surface area contributed by atoms with E-state index in [1.165, 1.54) is 19.2 Å². The average molecular weight is 275 g/mol. The molecule has 0 aliphatic heterocycles. The molecule has 0 aliphatic rings. The summed E-state index contributed by atoms with van der Waals surface area (Å²) < 4.78 is 18.2. The lowest BCUT2D eigenvalue weighted by Gasteiger charge is -2.09. The first-order chi connectivity index (χ1) is 9.69. The molecule has 0 saturated carbocycles. The van der Waals surface area contributed by atoms with Crippen molar-refractivity contribution in [3.05, 3.63) is 54.1 Å². The van der Waals surface area contributed by atoms with E-state index in [4.69, 9.17) is 0 Å². The van der Waals surface area contributed by atoms with Crippen molar-refractivity contribution in [3.8, 4) is 0 Å². The Hall–Kier alpha value is -2.63. The molecule has 0 unspecified atom stereocenters. The lowest BCUT2D eigenvalue weighted by molar-refractivity contribution is 0.187. The molecule has 0 saturated heterocycles. The van der Waals surface area contributed by atoms with Gasteiger partial charge < -0.3 is 10.1 Å². The SMILES string of the molecule is COC(=O)Nc1ccc(NCc2cccnc2)cc1F. The predicted octanol–water partition coefficient (Wildman–Crippen LogP) is 3.01. The molecule has 2 N–H and O–H groups in total. The average Bonchev–Trinajstić information content (AvgIpc) is 2.48. The first-order valence-corrected chi connectivity index (χ1v) is 5.96. The van der Waals surface area contributed by atoms with Gasteiger partial charge in [0, 0.05) is 24.6 Å². The van der Waals surface area contributed by atoms with Gasteiger partial charge in [-0.1, -0.05) is 6.07 Å². The molecule has 1 aromatic heterocycles. The number of amides is 1. The Labute approximate surface area is 115 Å². The fourth-order valence-corrected chi connectivity index (χ4v) is 1.59. The van der Waals surface area contributed by atoms with E-state index in [1.807, 2.05) is 12.1 Å². The van der Waals surface area contributed by atoms with E-state index in [2.05, 4.69) is 20.4 Å². The molecule has 6 heteroatoms. The molecule has 0 radical (unpaired) electrons. The van der Waals surface area contributed by atoms with E-state index in [-0.39, 0.29) is 5.69 Å². The molecular weight excluding hydrogens is 261 g/mol. The second kappa shape index (κ2) is 6.51. The van der Waals surface area contributed by atoms with Crippen LogP contribution in [-0.4, -0.2) is 18.2 Å². The molecule has 1 amide bonds. The normalized spacial score (nSPS) is 9.90. The topological polar surface area (TPSA) is 63.2 Å². The number of nitrogens with zero attached hydrogens (tertiary/aromatic N) is 1. The Morgan fingerprint density at radius 1 is 1.40 bits per heavy atom. The van der Waals surface area contributed by atoms with Crippen LogP contribution in [0.5, 0.6) is 0 Å². The van der Waals surface area contributed by atoms with E-state index in [1.54, 1.807) is 18.5 Å². The molecule has 0 aliphatic carbocycles. The number of nitrogens with one attached hydrogen (secondary N) is 2. The number of carbonyl (C=O) groups is 1. The highest BCUT2D eigenvalue weighted by Crippen LogP contribution is 2.19. The van der Waals surface area contributed by atoms with Crippen LogP contribution in [0.15, 0.2) is 42.7 Å². The lowest BCUT2D eigenvalue weighted by atomic mass is 10.2. The highest BCUT2D eigenvalue weighted by atomic mass is 19.1. The van der Waals surface area contributed by atoms with Crippen LogP contribution in [0.25, 0.3) is 0 Å². The van der Waals surface area contributed by atoms with Crippen LogP contribution < -0.4 is 10.6 Å². The Morgan fingerprint density at radius 3 is 2.90 bits per heavy atom. The van der Waals surface area contributed by atoms with Gasteiger partial charge in [0.2, 0.25) is 0 Å². The largest absolute Gasteiger partial charge is 0.453 e. The minimum atomic E-state index is -0.708. The van der Waals surface area contributed by atoms with E-state index in [0.717, 1.165) is 5.56 Å². The van der Waals surface area contributed by atoms with Gasteiger partial charge in [0.1, 0.15) is 5.82 Å². The van der Waals surface area contributed by atoms with Crippen molar-refractivity contribution in [1.82, 2.24) is 4.98 Å². The minimum absolute atomic E-state index is 0.0729. The number of ether oxygens (including phenoxy) is 1. The second-order valence-electron chi connectivity index (χ2n) is 4.03. The van der Waals surface area contributed by atoms with Gasteiger partial charge in [0.25, 0.3) is 0 Å². The zero-order chi connectivity index (χ0) is 14.4. The molecule has 0 atom stereocenters. The van der Waals surface area contributed by atoms with E-state index < -0.39 is 11.9 Å². The van der Waals surface area contributed by atoms with Crippen molar-refractivity contribution in [2.75, 3.05) is 17.7 Å². The second-order valence-corrected chi connectivity index (χ2v) is 4.03. The van der Waals surface area contributed by atoms with E-state index in [9.17, 15) is 9.18 Å². The third-order valence-electron chi connectivity index (χ3n) is 2.61. The number of rotatable bonds is 4. The summed E-state index contributed by atoms with van der Waals surface area (Å²) in [5.74, 6) is -0.536. The van der Waals surface area contributed by atoms with Crippen molar-refractivity contribution in [2.24, 2.45) is 0 Å². The van der Waals surface area contributed by atoms with Crippen molar-refractivity contribution in [3.63, 3.8) is 0 Å². The molecule has 2 rings (SSSR count). The van der Waals surface area contributed by atoms with Crippen LogP contribution in [0.2, 0.25) is 0 Å². The Morgan fingerprint density at radius 2 is 2.25 bits per heavy atom. The summed E-state index contributed by atoms with van der Waals surface area (Å²) in [5.41, 5.74) is 1.68. The molecule has 2 aromatic rings. The number of anilines is 2. The zero-order valence-electron chi connectivity index (χ0n) is 10.9. The molecule has 20 heavy (non-hydrogen) atoms. The fourth-order valence-electron chi connectivity index (χ4n) is 1.59. The molecule has 0 spiro atoms. The van der Waals surface area contributed by atoms with Crippen molar-refractivity contribution in [2.45, 2.75) is 6.54 Å². The summed E-state index contributed by atoms with van der Waals surface area (Å²) in [6, 6.07) is 8.20. The summed E-state index contributed by atoms with van der Waals surface area (Å²) in [7, 11) is 1.22. The summed E-state index contributed by atoms with van der Waals surface area (Å²) in [4.78, 5) is 15.0. The van der Waals surface area contributed by atoms with Crippen LogP contribution in [0, 0.1) is 5.82 Å². The monoisotopic (exact) mass is 275 g/mol. The summed E-state index contributed by atoms with van der Waals surface area (Å²) in [6.45, 7) is 0.539. The first-order valence-electron chi connectivity index (χ1n) is 5.96. The smallest absolute Gasteiger partial charge is 0.411 e. The summed E-state index contributed by atoms with van der Waals surface area (Å²) in [5, 5.41) is 5.36. The van der Waals surface area contributed by atoms with Gasteiger partial charge in [-0.25, -0.2) is 9.18 Å². The number of halogens is 1. The number of aromatic nitrogens is 1. The van der Waals surface area contributed by atoms with Crippen LogP contribution in [0.4, 0.5) is 20.6 Å². The number of carbonyl (C=O) groups excluding carboxylic acids is 1. The van der Waals surface area contributed by atoms with Gasteiger partial charge in [0.15, 0.2) is 0 Å². The number of methoxy groups -OCH3 is 1. The highest BCUT2D eigenvalue weighted by Gasteiger charge is 2.07. The van der Waals surface area contributed by atoms with Crippen molar-refractivity contribution in [1.29, 1.82) is 0 Å². The molecular formula is C14H14FN3O2. The standard InChI is InChI=1S/C14H14FN3O2/c1-20-14(19)18-13-5-4-11(7-12(13)15)17-9-10-3-2-6-16-8-10/h2-8,17H,9H2,1H3,(H,18,19). The summed E-state index contributed by atoms with van der Waals surface area (Å²) >= 11 is 0. The maximum atomic E-state index is 13.7. The molecule has 1 heterocycles. The third kappa shape index (κ3) is 3.68. The van der Waals surface area contributed by atoms with Gasteiger partial charge in [-0.2, -0.15) is 0 Å². The highest BCUT2D eigenvalue weighted by molar-refractivity contribution is 5.84. The molecule has 0 bridgehead atoms. The van der Waals surface area contributed by atoms with E-state index >= 15 is 0 Å². The third-order valence-corrected chi connectivity index (χ3v) is 2.61.